The summed E-state index contributed by atoms with van der Waals surface area (Å²) in [6.07, 6.45) is 2.83. The first-order valence-electron chi connectivity index (χ1n) is 8.95. The fourth-order valence-electron chi connectivity index (χ4n) is 2.95. The van der Waals surface area contributed by atoms with Crippen LogP contribution in [0.4, 0.5) is 4.39 Å². The predicted octanol–water partition coefficient (Wildman–Crippen LogP) is 2.39. The van der Waals surface area contributed by atoms with E-state index in [4.69, 9.17) is 15.0 Å². The number of likely N-dealkylation sites (N-methyl/N-ethyl adjacent to an activating group) is 1. The number of rotatable bonds is 4. The van der Waals surface area contributed by atoms with E-state index in [1.165, 1.54) is 13.1 Å². The number of carbonyl (C=O) groups excluding carboxylic acids is 1. The van der Waals surface area contributed by atoms with E-state index < -0.39 is 30.0 Å². The van der Waals surface area contributed by atoms with Crippen LogP contribution in [0.2, 0.25) is 0 Å². The van der Waals surface area contributed by atoms with Gasteiger partial charge in [0.05, 0.1) is 28.0 Å². The number of nitrogens with two attached hydrogens (primary N) is 1. The summed E-state index contributed by atoms with van der Waals surface area (Å²) in [5.41, 5.74) is 5.87. The second-order valence-corrected chi connectivity index (χ2v) is 7.63. The smallest absolute Gasteiger partial charge is 0.404 e. The molecule has 2 heterocycles. The molecule has 4 N–H and O–H groups in total. The maximum Gasteiger partial charge on any atom is 0.487 e. The highest BCUT2D eigenvalue weighted by atomic mass is 19.1. The Kier molecular flexibility index (Phi) is 5.07. The lowest BCUT2D eigenvalue weighted by Crippen LogP contribution is -2.41. The summed E-state index contributed by atoms with van der Waals surface area (Å²) in [6.45, 7) is 7.89. The Bertz CT molecular complexity index is 965. The molecule has 0 aliphatic carbocycles. The average Bonchev–Trinajstić information content (AvgIpc) is 3.10. The second kappa shape index (κ2) is 7.07. The molecule has 0 bridgehead atoms. The van der Waals surface area contributed by atoms with Crippen molar-refractivity contribution in [3.05, 3.63) is 41.4 Å². The van der Waals surface area contributed by atoms with E-state index >= 15 is 0 Å². The molecule has 148 valence electrons. The van der Waals surface area contributed by atoms with Crippen molar-refractivity contribution in [3.63, 3.8) is 0 Å². The molecule has 9 heteroatoms. The molecule has 0 spiro atoms. The molecule has 3 rings (SSSR count). The number of hydrogen-bond acceptors (Lipinski definition) is 5. The quantitative estimate of drug-likeness (QED) is 0.553. The first-order chi connectivity index (χ1) is 13.1. The Morgan fingerprint density at radius 1 is 1.29 bits per heavy atom. The summed E-state index contributed by atoms with van der Waals surface area (Å²) < 4.78 is 26.3. The van der Waals surface area contributed by atoms with E-state index in [1.54, 1.807) is 18.1 Å². The molecule has 1 aliphatic heterocycles. The highest BCUT2D eigenvalue weighted by Gasteiger charge is 2.50. The van der Waals surface area contributed by atoms with Gasteiger partial charge in [0.1, 0.15) is 5.82 Å². The van der Waals surface area contributed by atoms with Gasteiger partial charge in [0.15, 0.2) is 0 Å². The van der Waals surface area contributed by atoms with E-state index in [2.05, 4.69) is 15.5 Å². The topological polar surface area (TPSA) is 102 Å². The zero-order valence-electron chi connectivity index (χ0n) is 16.6. The highest BCUT2D eigenvalue weighted by molar-refractivity contribution is 6.52. The third kappa shape index (κ3) is 3.43. The monoisotopic (exact) mass is 386 g/mol. The van der Waals surface area contributed by atoms with Crippen LogP contribution in [0.25, 0.3) is 22.6 Å². The van der Waals surface area contributed by atoms with Gasteiger partial charge in [-0.25, -0.2) is 4.39 Å². The summed E-state index contributed by atoms with van der Waals surface area (Å²) in [7, 11) is 0.931. The summed E-state index contributed by atoms with van der Waals surface area (Å²) in [5, 5.41) is 10.1. The Morgan fingerprint density at radius 2 is 1.93 bits per heavy atom. The first-order valence-corrected chi connectivity index (χ1v) is 8.95. The molecule has 1 fully saturated rings. The molecular weight excluding hydrogens is 362 g/mol. The third-order valence-electron chi connectivity index (χ3n) is 5.29. The number of aromatic nitrogens is 2. The molecule has 1 amide bonds. The van der Waals surface area contributed by atoms with Crippen LogP contribution in [0.15, 0.2) is 24.3 Å². The maximum atomic E-state index is 14.5. The number of hydrogen-bond donors (Lipinski definition) is 3. The fraction of sp³-hybridized carbons (Fsp3) is 0.368. The number of halogens is 1. The second-order valence-electron chi connectivity index (χ2n) is 7.63. The van der Waals surface area contributed by atoms with E-state index in [0.29, 0.717) is 16.6 Å². The number of benzene rings is 1. The standard InChI is InChI=1S/C19H24BFN4O3/c1-18(2)19(3,4)28-20(27-18)7-6-15-12-8-11(13(10-22)17(26)23-5)14(21)9-16(12)25-24-15/h6-10H,22H2,1-5H3,(H,23,26)(H,24,25)/b7-6+,13-10-. The number of H-pyrrole nitrogens is 1. The molecule has 1 aliphatic rings. The van der Waals surface area contributed by atoms with Crippen molar-refractivity contribution in [2.45, 2.75) is 38.9 Å². The largest absolute Gasteiger partial charge is 0.487 e. The van der Waals surface area contributed by atoms with Crippen LogP contribution >= 0.6 is 0 Å². The average molecular weight is 386 g/mol. The summed E-state index contributed by atoms with van der Waals surface area (Å²) in [4.78, 5) is 12.0. The van der Waals surface area contributed by atoms with Gasteiger partial charge >= 0.3 is 7.12 Å². The van der Waals surface area contributed by atoms with Crippen LogP contribution < -0.4 is 11.1 Å². The molecule has 0 saturated carbocycles. The van der Waals surface area contributed by atoms with Gasteiger partial charge in [-0.1, -0.05) is 5.98 Å². The fourth-order valence-corrected chi connectivity index (χ4v) is 2.95. The van der Waals surface area contributed by atoms with E-state index in [9.17, 15) is 9.18 Å². The maximum absolute atomic E-state index is 14.5. The van der Waals surface area contributed by atoms with Crippen molar-refractivity contribution in [1.82, 2.24) is 15.5 Å². The third-order valence-corrected chi connectivity index (χ3v) is 5.29. The molecule has 7 nitrogen and oxygen atoms in total. The number of nitrogens with one attached hydrogen (secondary N) is 2. The Hall–Kier alpha value is -2.65. The number of nitrogens with zero attached hydrogens (tertiary/aromatic N) is 1. The van der Waals surface area contributed by atoms with Gasteiger partial charge in [0.2, 0.25) is 0 Å². The zero-order chi connectivity index (χ0) is 20.7. The lowest BCUT2D eigenvalue weighted by atomic mass is 9.89. The summed E-state index contributed by atoms with van der Waals surface area (Å²) >= 11 is 0. The van der Waals surface area contributed by atoms with Gasteiger partial charge in [-0.3, -0.25) is 9.89 Å². The lowest BCUT2D eigenvalue weighted by Gasteiger charge is -2.32. The first kappa shape index (κ1) is 20.1. The minimum Gasteiger partial charge on any atom is -0.404 e. The van der Waals surface area contributed by atoms with Crippen molar-refractivity contribution in [3.8, 4) is 0 Å². The van der Waals surface area contributed by atoms with Crippen molar-refractivity contribution in [2.24, 2.45) is 5.73 Å². The Balaban J connectivity index is 1.96. The Morgan fingerprint density at radius 3 is 2.50 bits per heavy atom. The summed E-state index contributed by atoms with van der Waals surface area (Å²) in [5.74, 6) is 0.713. The number of carbonyl (C=O) groups is 1. The zero-order valence-corrected chi connectivity index (χ0v) is 16.6. The van der Waals surface area contributed by atoms with Gasteiger partial charge in [-0.15, -0.1) is 0 Å². The van der Waals surface area contributed by atoms with E-state index in [1.807, 2.05) is 27.7 Å². The predicted molar refractivity (Wildman–Crippen MR) is 107 cm³/mol. The van der Waals surface area contributed by atoms with Gasteiger partial charge in [0, 0.05) is 30.3 Å². The molecule has 0 radical (unpaired) electrons. The molecule has 1 saturated heterocycles. The van der Waals surface area contributed by atoms with Crippen LogP contribution in [0.1, 0.15) is 39.0 Å². The number of fused-ring (bicyclic) bond motifs is 1. The SMILES string of the molecule is CNC(=O)/C(=C\N)c1cc2c(/C=C/B3OC(C)(C)C(C)(C)O3)n[nH]c2cc1F. The van der Waals surface area contributed by atoms with Gasteiger partial charge in [-0.05, 0) is 39.8 Å². The number of aromatic amines is 1. The van der Waals surface area contributed by atoms with Crippen LogP contribution in [0.3, 0.4) is 0 Å². The molecule has 2 aromatic rings. The molecule has 0 atom stereocenters. The van der Waals surface area contributed by atoms with Crippen LogP contribution in [-0.2, 0) is 14.1 Å². The van der Waals surface area contributed by atoms with Crippen molar-refractivity contribution in [2.75, 3.05) is 7.05 Å². The molecular formula is C19H24BFN4O3. The van der Waals surface area contributed by atoms with Crippen LogP contribution in [0.5, 0.6) is 0 Å². The molecule has 1 aromatic carbocycles. The Labute approximate surface area is 163 Å². The van der Waals surface area contributed by atoms with Crippen molar-refractivity contribution >= 4 is 35.6 Å². The van der Waals surface area contributed by atoms with E-state index in [0.717, 1.165) is 6.20 Å². The summed E-state index contributed by atoms with van der Waals surface area (Å²) in [6, 6.07) is 2.84. The van der Waals surface area contributed by atoms with Gasteiger partial charge in [0.25, 0.3) is 5.91 Å². The number of amides is 1. The van der Waals surface area contributed by atoms with Crippen LogP contribution in [0, 0.1) is 5.82 Å². The van der Waals surface area contributed by atoms with Crippen LogP contribution in [-0.4, -0.2) is 41.5 Å². The normalized spacial score (nSPS) is 18.9. The lowest BCUT2D eigenvalue weighted by molar-refractivity contribution is -0.115. The van der Waals surface area contributed by atoms with Gasteiger partial charge in [-0.2, -0.15) is 5.10 Å². The van der Waals surface area contributed by atoms with E-state index in [-0.39, 0.29) is 11.1 Å². The minimum absolute atomic E-state index is 0.0454. The molecule has 28 heavy (non-hydrogen) atoms. The van der Waals surface area contributed by atoms with Crippen molar-refractivity contribution < 1.29 is 18.5 Å². The minimum atomic E-state index is -0.571. The molecule has 1 aromatic heterocycles. The van der Waals surface area contributed by atoms with Gasteiger partial charge < -0.3 is 20.4 Å². The van der Waals surface area contributed by atoms with Crippen molar-refractivity contribution in [1.29, 1.82) is 0 Å². The molecule has 0 unspecified atom stereocenters. The highest BCUT2D eigenvalue weighted by Crippen LogP contribution is 2.37.